The van der Waals surface area contributed by atoms with Crippen LogP contribution in [0.2, 0.25) is 0 Å². The van der Waals surface area contributed by atoms with Crippen LogP contribution in [0.3, 0.4) is 0 Å². The maximum atomic E-state index is 13.0. The van der Waals surface area contributed by atoms with Gasteiger partial charge in [-0.3, -0.25) is 9.88 Å². The van der Waals surface area contributed by atoms with E-state index in [1.807, 2.05) is 30.3 Å². The summed E-state index contributed by atoms with van der Waals surface area (Å²) in [5, 5.41) is 0.862. The predicted molar refractivity (Wildman–Crippen MR) is 129 cm³/mol. The van der Waals surface area contributed by atoms with E-state index in [2.05, 4.69) is 58.4 Å². The Bertz CT molecular complexity index is 1320. The molecule has 1 aromatic heterocycles. The molecular weight excluding hydrogens is 416 g/mol. The Balaban J connectivity index is 1.21. The molecule has 1 fully saturated rings. The number of para-hydroxylation sites is 1. The third kappa shape index (κ3) is 4.59. The summed E-state index contributed by atoms with van der Waals surface area (Å²) >= 11 is 0. The van der Waals surface area contributed by atoms with Crippen molar-refractivity contribution in [3.8, 4) is 11.1 Å². The number of aromatic nitrogens is 1. The zero-order valence-corrected chi connectivity index (χ0v) is 18.7. The summed E-state index contributed by atoms with van der Waals surface area (Å²) in [7, 11) is -3.36. The Morgan fingerprint density at radius 2 is 1.59 bits per heavy atom. The largest absolute Gasteiger partial charge is 0.299 e. The number of rotatable bonds is 6. The maximum Gasteiger partial charge on any atom is 0.180 e. The molecule has 1 aliphatic heterocycles. The highest BCUT2D eigenvalue weighted by Crippen LogP contribution is 2.25. The minimum atomic E-state index is -3.36. The minimum absolute atomic E-state index is 0.148. The van der Waals surface area contributed by atoms with Crippen molar-refractivity contribution in [1.29, 1.82) is 0 Å². The van der Waals surface area contributed by atoms with Crippen LogP contribution in [0.1, 0.15) is 12.0 Å². The van der Waals surface area contributed by atoms with Gasteiger partial charge in [-0.2, -0.15) is 0 Å². The smallest absolute Gasteiger partial charge is 0.180 e. The normalized spacial score (nSPS) is 17.1. The van der Waals surface area contributed by atoms with E-state index in [-0.39, 0.29) is 11.7 Å². The number of fused-ring (bicyclic) bond motifs is 1. The van der Waals surface area contributed by atoms with E-state index in [9.17, 15) is 8.42 Å². The first-order chi connectivity index (χ1) is 15.6. The van der Waals surface area contributed by atoms with Gasteiger partial charge >= 0.3 is 0 Å². The van der Waals surface area contributed by atoms with Gasteiger partial charge in [0.25, 0.3) is 0 Å². The summed E-state index contributed by atoms with van der Waals surface area (Å²) in [6, 6.07) is 28.4. The maximum absolute atomic E-state index is 13.0. The third-order valence-electron chi connectivity index (χ3n) is 6.22. The molecule has 5 rings (SSSR count). The van der Waals surface area contributed by atoms with E-state index < -0.39 is 9.84 Å². The molecule has 0 spiro atoms. The average Bonchev–Trinajstić information content (AvgIpc) is 3.25. The van der Waals surface area contributed by atoms with Crippen LogP contribution in [0.25, 0.3) is 22.0 Å². The zero-order chi connectivity index (χ0) is 22.0. The lowest BCUT2D eigenvalue weighted by molar-refractivity contribution is 0.320. The molecule has 1 aliphatic rings. The van der Waals surface area contributed by atoms with Crippen molar-refractivity contribution in [2.24, 2.45) is 5.92 Å². The van der Waals surface area contributed by atoms with Crippen LogP contribution in [0.5, 0.6) is 0 Å². The molecule has 5 heteroatoms. The number of sulfone groups is 1. The number of likely N-dealkylation sites (tertiary alicyclic amines) is 1. The number of hydrogen-bond acceptors (Lipinski definition) is 4. The first-order valence-corrected chi connectivity index (χ1v) is 12.7. The highest BCUT2D eigenvalue weighted by atomic mass is 32.2. The molecule has 0 amide bonds. The second-order valence-corrected chi connectivity index (χ2v) is 10.6. The topological polar surface area (TPSA) is 50.3 Å². The Morgan fingerprint density at radius 1 is 0.875 bits per heavy atom. The van der Waals surface area contributed by atoms with Crippen molar-refractivity contribution in [1.82, 2.24) is 9.88 Å². The summed E-state index contributed by atoms with van der Waals surface area (Å²) in [6.45, 7) is 2.58. The Morgan fingerprint density at radius 3 is 2.41 bits per heavy atom. The first kappa shape index (κ1) is 20.9. The summed E-state index contributed by atoms with van der Waals surface area (Å²) in [6.07, 6.45) is 2.40. The molecule has 0 unspecified atom stereocenters. The molecule has 1 saturated heterocycles. The second kappa shape index (κ2) is 8.85. The van der Waals surface area contributed by atoms with Gasteiger partial charge in [0.1, 0.15) is 0 Å². The third-order valence-corrected chi connectivity index (χ3v) is 8.07. The van der Waals surface area contributed by atoms with Crippen molar-refractivity contribution in [2.45, 2.75) is 17.9 Å². The fraction of sp³-hybridized carbons (Fsp3) is 0.222. The molecule has 0 bridgehead atoms. The lowest BCUT2D eigenvalue weighted by atomic mass is 10.0. The van der Waals surface area contributed by atoms with Gasteiger partial charge in [-0.15, -0.1) is 0 Å². The lowest BCUT2D eigenvalue weighted by Gasteiger charge is -2.16. The molecule has 0 radical (unpaired) electrons. The molecule has 3 aromatic carbocycles. The van der Waals surface area contributed by atoms with E-state index in [1.165, 1.54) is 22.9 Å². The summed E-state index contributed by atoms with van der Waals surface area (Å²) < 4.78 is 26.0. The van der Waals surface area contributed by atoms with Crippen LogP contribution >= 0.6 is 0 Å². The zero-order valence-electron chi connectivity index (χ0n) is 17.9. The van der Waals surface area contributed by atoms with Crippen LogP contribution in [-0.4, -0.2) is 37.1 Å². The molecule has 0 saturated carbocycles. The van der Waals surface area contributed by atoms with Crippen LogP contribution in [-0.2, 0) is 16.4 Å². The van der Waals surface area contributed by atoms with Crippen molar-refractivity contribution < 1.29 is 8.42 Å². The molecule has 4 aromatic rings. The molecular formula is C27H26N2O2S. The summed E-state index contributed by atoms with van der Waals surface area (Å²) in [5.41, 5.74) is 4.50. The first-order valence-electron chi connectivity index (χ1n) is 11.0. The monoisotopic (exact) mass is 442 g/mol. The number of nitrogens with zero attached hydrogens (tertiary/aromatic N) is 2. The fourth-order valence-electron chi connectivity index (χ4n) is 4.51. The fourth-order valence-corrected chi connectivity index (χ4v) is 6.12. The highest BCUT2D eigenvalue weighted by Gasteiger charge is 2.28. The van der Waals surface area contributed by atoms with E-state index in [1.54, 1.807) is 6.07 Å². The molecule has 32 heavy (non-hydrogen) atoms. The van der Waals surface area contributed by atoms with Crippen molar-refractivity contribution in [3.05, 3.63) is 96.7 Å². The quantitative estimate of drug-likeness (QED) is 0.412. The van der Waals surface area contributed by atoms with Gasteiger partial charge in [0.15, 0.2) is 9.84 Å². The van der Waals surface area contributed by atoms with Crippen LogP contribution in [0.4, 0.5) is 0 Å². The summed E-state index contributed by atoms with van der Waals surface area (Å²) in [5.74, 6) is 0.325. The average molecular weight is 443 g/mol. The number of pyridine rings is 1. The SMILES string of the molecule is O=S(=O)(C[C@@H]1CCN(Cc2ccc(-c3ccccc3)cc2)C1)c1cnc2ccccc2c1. The highest BCUT2D eigenvalue weighted by molar-refractivity contribution is 7.91. The van der Waals surface area contributed by atoms with Crippen LogP contribution < -0.4 is 0 Å². The lowest BCUT2D eigenvalue weighted by Crippen LogP contribution is -2.23. The van der Waals surface area contributed by atoms with Gasteiger partial charge < -0.3 is 0 Å². The molecule has 1 atom stereocenters. The van der Waals surface area contributed by atoms with Crippen molar-refractivity contribution >= 4 is 20.7 Å². The van der Waals surface area contributed by atoms with Gasteiger partial charge in [0, 0.05) is 24.7 Å². The van der Waals surface area contributed by atoms with E-state index in [0.717, 1.165) is 37.0 Å². The Kier molecular flexibility index (Phi) is 5.77. The van der Waals surface area contributed by atoms with Gasteiger partial charge in [0.05, 0.1) is 16.2 Å². The molecule has 0 N–H and O–H groups in total. The van der Waals surface area contributed by atoms with Crippen LogP contribution in [0, 0.1) is 5.92 Å². The number of hydrogen-bond donors (Lipinski definition) is 0. The van der Waals surface area contributed by atoms with Gasteiger partial charge in [-0.05, 0) is 47.7 Å². The van der Waals surface area contributed by atoms with Gasteiger partial charge in [-0.25, -0.2) is 8.42 Å². The van der Waals surface area contributed by atoms with Crippen molar-refractivity contribution in [2.75, 3.05) is 18.8 Å². The van der Waals surface area contributed by atoms with Crippen molar-refractivity contribution in [3.63, 3.8) is 0 Å². The number of benzene rings is 3. The Labute approximate surface area is 189 Å². The molecule has 0 aliphatic carbocycles. The van der Waals surface area contributed by atoms with Gasteiger partial charge in [0.2, 0.25) is 0 Å². The van der Waals surface area contributed by atoms with Gasteiger partial charge in [-0.1, -0.05) is 72.8 Å². The summed E-state index contributed by atoms with van der Waals surface area (Å²) in [4.78, 5) is 7.01. The molecule has 162 valence electrons. The van der Waals surface area contributed by atoms with E-state index in [4.69, 9.17) is 0 Å². The van der Waals surface area contributed by atoms with E-state index in [0.29, 0.717) is 4.90 Å². The second-order valence-electron chi connectivity index (χ2n) is 8.60. The van der Waals surface area contributed by atoms with Crippen LogP contribution in [0.15, 0.2) is 96.0 Å². The molecule has 4 nitrogen and oxygen atoms in total. The minimum Gasteiger partial charge on any atom is -0.299 e. The predicted octanol–water partition coefficient (Wildman–Crippen LogP) is 5.20. The van der Waals surface area contributed by atoms with E-state index >= 15 is 0 Å². The Hall–Kier alpha value is -3.02. The standard InChI is InChI=1S/C27H26N2O2S/c30-32(31,26-16-25-8-4-5-9-27(25)28-17-26)20-22-14-15-29(19-22)18-21-10-12-24(13-11-21)23-6-2-1-3-7-23/h1-13,16-17,22H,14-15,18-20H2/t22-/m1/s1. The molecule has 2 heterocycles.